The normalized spacial score (nSPS) is 14.2. The summed E-state index contributed by atoms with van der Waals surface area (Å²) in [5, 5.41) is 15.2. The highest BCUT2D eigenvalue weighted by Crippen LogP contribution is 2.22. The van der Waals surface area contributed by atoms with E-state index in [-0.39, 0.29) is 11.7 Å². The number of amides is 1. The maximum Gasteiger partial charge on any atom is 0.251 e. The molecule has 1 aliphatic rings. The highest BCUT2D eigenvalue weighted by molar-refractivity contribution is 7.88. The second-order valence-corrected chi connectivity index (χ2v) is 7.64. The fraction of sp³-hybridized carbons (Fsp3) is 0.375. The predicted molar refractivity (Wildman–Crippen MR) is 89.7 cm³/mol. The molecule has 24 heavy (non-hydrogen) atoms. The van der Waals surface area contributed by atoms with E-state index in [4.69, 9.17) is 5.14 Å². The number of benzene rings is 1. The van der Waals surface area contributed by atoms with Crippen molar-refractivity contribution in [2.75, 3.05) is 0 Å². The van der Waals surface area contributed by atoms with Crippen LogP contribution in [0.15, 0.2) is 24.3 Å². The van der Waals surface area contributed by atoms with Gasteiger partial charge < -0.3 is 5.32 Å². The van der Waals surface area contributed by atoms with E-state index in [0.717, 1.165) is 31.4 Å². The first-order chi connectivity index (χ1) is 11.4. The first kappa shape index (κ1) is 16.7. The number of aromatic nitrogens is 2. The van der Waals surface area contributed by atoms with Gasteiger partial charge in [0.05, 0.1) is 18.0 Å². The highest BCUT2D eigenvalue weighted by atomic mass is 32.2. The summed E-state index contributed by atoms with van der Waals surface area (Å²) in [5.41, 5.74) is 4.15. The highest BCUT2D eigenvalue weighted by Gasteiger charge is 2.17. The minimum atomic E-state index is -3.62. The molecule has 1 aliphatic carbocycles. The van der Waals surface area contributed by atoms with Gasteiger partial charge in [-0.1, -0.05) is 12.1 Å². The van der Waals surface area contributed by atoms with Gasteiger partial charge in [0.1, 0.15) is 0 Å². The monoisotopic (exact) mass is 348 g/mol. The third kappa shape index (κ3) is 4.01. The van der Waals surface area contributed by atoms with Crippen LogP contribution in [0.2, 0.25) is 0 Å². The lowest BCUT2D eigenvalue weighted by Crippen LogP contribution is -2.24. The number of nitrogens with one attached hydrogen (secondary N) is 2. The Balaban J connectivity index is 1.67. The maximum atomic E-state index is 12.3. The standard InChI is InChI=1S/C16H20N4O3S/c17-24(22,23)10-11-4-3-5-12(8-11)16(21)18-9-15-13-6-1-2-7-14(13)19-20-15/h3-5,8H,1-2,6-7,9-10H2,(H,18,21)(H,19,20)(H2,17,22,23). The molecule has 0 saturated heterocycles. The Morgan fingerprint density at radius 1 is 1.29 bits per heavy atom. The zero-order chi connectivity index (χ0) is 17.2. The van der Waals surface area contributed by atoms with Gasteiger partial charge in [-0.25, -0.2) is 13.6 Å². The number of sulfonamides is 1. The molecule has 0 unspecified atom stereocenters. The first-order valence-corrected chi connectivity index (χ1v) is 9.56. The van der Waals surface area contributed by atoms with Gasteiger partial charge >= 0.3 is 0 Å². The molecule has 3 rings (SSSR count). The number of carbonyl (C=O) groups excluding carboxylic acids is 1. The number of fused-ring (bicyclic) bond motifs is 1. The first-order valence-electron chi connectivity index (χ1n) is 7.85. The fourth-order valence-electron chi connectivity index (χ4n) is 3.00. The molecule has 1 aromatic carbocycles. The molecule has 0 spiro atoms. The van der Waals surface area contributed by atoms with Crippen LogP contribution in [-0.2, 0) is 35.2 Å². The van der Waals surface area contributed by atoms with Crippen LogP contribution in [-0.4, -0.2) is 24.5 Å². The van der Waals surface area contributed by atoms with Gasteiger partial charge in [0.25, 0.3) is 5.91 Å². The summed E-state index contributed by atoms with van der Waals surface area (Å²) < 4.78 is 22.3. The molecular weight excluding hydrogens is 328 g/mol. The molecule has 1 amide bonds. The summed E-state index contributed by atoms with van der Waals surface area (Å²) >= 11 is 0. The Labute approximate surface area is 140 Å². The smallest absolute Gasteiger partial charge is 0.251 e. The number of hydrogen-bond acceptors (Lipinski definition) is 4. The van der Waals surface area contributed by atoms with Gasteiger partial charge in [-0.3, -0.25) is 9.89 Å². The lowest BCUT2D eigenvalue weighted by molar-refractivity contribution is 0.0950. The molecular formula is C16H20N4O3S. The van der Waals surface area contributed by atoms with Gasteiger partial charge in [0, 0.05) is 11.3 Å². The second kappa shape index (κ2) is 6.74. The van der Waals surface area contributed by atoms with Crippen molar-refractivity contribution in [1.29, 1.82) is 0 Å². The van der Waals surface area contributed by atoms with Crippen molar-refractivity contribution in [3.63, 3.8) is 0 Å². The predicted octanol–water partition coefficient (Wildman–Crippen LogP) is 1.01. The molecule has 0 bridgehead atoms. The van der Waals surface area contributed by atoms with Crippen LogP contribution in [0.25, 0.3) is 0 Å². The molecule has 0 aliphatic heterocycles. The van der Waals surface area contributed by atoms with Crippen molar-refractivity contribution in [1.82, 2.24) is 15.5 Å². The molecule has 0 radical (unpaired) electrons. The average Bonchev–Trinajstić information content (AvgIpc) is 2.94. The van der Waals surface area contributed by atoms with Crippen molar-refractivity contribution in [3.8, 4) is 0 Å². The molecule has 2 aromatic rings. The number of nitrogens with zero attached hydrogens (tertiary/aromatic N) is 1. The Morgan fingerprint density at radius 2 is 2.08 bits per heavy atom. The second-order valence-electron chi connectivity index (χ2n) is 6.02. The van der Waals surface area contributed by atoms with E-state index < -0.39 is 10.0 Å². The molecule has 0 saturated carbocycles. The van der Waals surface area contributed by atoms with Crippen molar-refractivity contribution < 1.29 is 13.2 Å². The fourth-order valence-corrected chi connectivity index (χ4v) is 3.64. The molecule has 1 heterocycles. The topological polar surface area (TPSA) is 118 Å². The van der Waals surface area contributed by atoms with Crippen molar-refractivity contribution in [2.45, 2.75) is 38.0 Å². The average molecular weight is 348 g/mol. The van der Waals surface area contributed by atoms with Crippen LogP contribution in [0.4, 0.5) is 0 Å². The lowest BCUT2D eigenvalue weighted by atomic mass is 9.96. The van der Waals surface area contributed by atoms with Crippen LogP contribution < -0.4 is 10.5 Å². The molecule has 128 valence electrons. The lowest BCUT2D eigenvalue weighted by Gasteiger charge is -2.11. The number of aromatic amines is 1. The number of rotatable bonds is 5. The summed E-state index contributed by atoms with van der Waals surface area (Å²) in [6.45, 7) is 0.351. The number of carbonyl (C=O) groups is 1. The van der Waals surface area contributed by atoms with Crippen LogP contribution in [0.5, 0.6) is 0 Å². The largest absolute Gasteiger partial charge is 0.346 e. The van der Waals surface area contributed by atoms with E-state index >= 15 is 0 Å². The van der Waals surface area contributed by atoms with Crippen molar-refractivity contribution >= 4 is 15.9 Å². The Kier molecular flexibility index (Phi) is 4.68. The van der Waals surface area contributed by atoms with Gasteiger partial charge in [-0.05, 0) is 48.9 Å². The molecule has 1 aromatic heterocycles. The number of primary sulfonamides is 1. The number of nitrogens with two attached hydrogens (primary N) is 1. The van der Waals surface area contributed by atoms with Crippen LogP contribution in [0.1, 0.15) is 45.7 Å². The number of aryl methyl sites for hydroxylation is 1. The Morgan fingerprint density at radius 3 is 2.88 bits per heavy atom. The van der Waals surface area contributed by atoms with Gasteiger partial charge in [0.15, 0.2) is 0 Å². The number of hydrogen-bond donors (Lipinski definition) is 3. The summed E-state index contributed by atoms with van der Waals surface area (Å²) in [5.74, 6) is -0.556. The van der Waals surface area contributed by atoms with Crippen molar-refractivity contribution in [2.24, 2.45) is 5.14 Å². The van der Waals surface area contributed by atoms with Gasteiger partial charge in [0.2, 0.25) is 10.0 Å². The third-order valence-corrected chi connectivity index (χ3v) is 4.85. The van der Waals surface area contributed by atoms with E-state index in [1.165, 1.54) is 11.3 Å². The van der Waals surface area contributed by atoms with E-state index in [2.05, 4.69) is 15.5 Å². The molecule has 8 heteroatoms. The van der Waals surface area contributed by atoms with Gasteiger partial charge in [-0.15, -0.1) is 0 Å². The van der Waals surface area contributed by atoms with E-state index in [9.17, 15) is 13.2 Å². The summed E-state index contributed by atoms with van der Waals surface area (Å²) in [6, 6.07) is 6.46. The molecule has 4 N–H and O–H groups in total. The summed E-state index contributed by atoms with van der Waals surface area (Å²) in [4.78, 5) is 12.3. The Hall–Kier alpha value is -2.19. The maximum absolute atomic E-state index is 12.3. The van der Waals surface area contributed by atoms with E-state index in [1.54, 1.807) is 24.3 Å². The van der Waals surface area contributed by atoms with Crippen LogP contribution in [0.3, 0.4) is 0 Å². The summed E-state index contributed by atoms with van der Waals surface area (Å²) in [7, 11) is -3.62. The zero-order valence-electron chi connectivity index (χ0n) is 13.2. The minimum absolute atomic E-state index is 0.265. The summed E-state index contributed by atoms with van der Waals surface area (Å²) in [6.07, 6.45) is 4.30. The minimum Gasteiger partial charge on any atom is -0.346 e. The Bertz CT molecular complexity index is 858. The quantitative estimate of drug-likeness (QED) is 0.747. The number of H-pyrrole nitrogens is 1. The molecule has 0 fully saturated rings. The van der Waals surface area contributed by atoms with E-state index in [0.29, 0.717) is 17.7 Å². The van der Waals surface area contributed by atoms with Gasteiger partial charge in [-0.2, -0.15) is 5.10 Å². The van der Waals surface area contributed by atoms with Crippen molar-refractivity contribution in [3.05, 3.63) is 52.3 Å². The molecule has 0 atom stereocenters. The molecule has 7 nitrogen and oxygen atoms in total. The van der Waals surface area contributed by atoms with Crippen LogP contribution >= 0.6 is 0 Å². The third-order valence-electron chi connectivity index (χ3n) is 4.12. The van der Waals surface area contributed by atoms with E-state index in [1.807, 2.05) is 0 Å². The van der Waals surface area contributed by atoms with Crippen LogP contribution in [0, 0.1) is 0 Å². The zero-order valence-corrected chi connectivity index (χ0v) is 14.0. The SMILES string of the molecule is NS(=O)(=O)Cc1cccc(C(=O)NCc2n[nH]c3c2CCCC3)c1.